The van der Waals surface area contributed by atoms with Crippen LogP contribution in [-0.4, -0.2) is 27.5 Å². The van der Waals surface area contributed by atoms with E-state index in [1.54, 1.807) is 0 Å². The SMILES string of the molecule is O=C(NC1(C(=O)O)CCCCC1)c1coc(-c2ccccc2)n1. The number of rotatable bonds is 4. The van der Waals surface area contributed by atoms with E-state index < -0.39 is 17.4 Å². The van der Waals surface area contributed by atoms with Crippen molar-refractivity contribution in [1.82, 2.24) is 10.3 Å². The van der Waals surface area contributed by atoms with E-state index in [0.717, 1.165) is 24.8 Å². The Bertz CT molecular complexity index is 702. The van der Waals surface area contributed by atoms with Crippen LogP contribution in [0.5, 0.6) is 0 Å². The predicted molar refractivity (Wildman–Crippen MR) is 82.9 cm³/mol. The Labute approximate surface area is 133 Å². The van der Waals surface area contributed by atoms with Crippen molar-refractivity contribution in [2.75, 3.05) is 0 Å². The number of amides is 1. The number of oxazole rings is 1. The van der Waals surface area contributed by atoms with Gasteiger partial charge < -0.3 is 14.8 Å². The monoisotopic (exact) mass is 314 g/mol. The third-order valence-corrected chi connectivity index (χ3v) is 4.23. The molecule has 1 heterocycles. The smallest absolute Gasteiger partial charge is 0.329 e. The van der Waals surface area contributed by atoms with Crippen molar-refractivity contribution in [3.63, 3.8) is 0 Å². The van der Waals surface area contributed by atoms with Gasteiger partial charge in [-0.05, 0) is 25.0 Å². The maximum absolute atomic E-state index is 12.4. The van der Waals surface area contributed by atoms with Crippen LogP contribution < -0.4 is 5.32 Å². The molecule has 3 rings (SSSR count). The number of hydrogen-bond donors (Lipinski definition) is 2. The van der Waals surface area contributed by atoms with Gasteiger partial charge in [-0.3, -0.25) is 4.79 Å². The van der Waals surface area contributed by atoms with Crippen molar-refractivity contribution in [2.24, 2.45) is 0 Å². The number of carboxylic acid groups (broad SMARTS) is 1. The molecule has 0 spiro atoms. The molecule has 0 radical (unpaired) electrons. The first-order chi connectivity index (χ1) is 11.1. The molecular formula is C17H18N2O4. The Morgan fingerprint density at radius 3 is 2.48 bits per heavy atom. The van der Waals surface area contributed by atoms with E-state index in [-0.39, 0.29) is 5.69 Å². The number of carboxylic acids is 1. The van der Waals surface area contributed by atoms with E-state index in [4.69, 9.17) is 4.42 Å². The number of carbonyl (C=O) groups excluding carboxylic acids is 1. The number of benzene rings is 1. The van der Waals surface area contributed by atoms with Gasteiger partial charge in [-0.1, -0.05) is 37.5 Å². The highest BCUT2D eigenvalue weighted by molar-refractivity contribution is 5.96. The van der Waals surface area contributed by atoms with Crippen molar-refractivity contribution in [2.45, 2.75) is 37.6 Å². The van der Waals surface area contributed by atoms with Crippen LogP contribution in [0.2, 0.25) is 0 Å². The molecule has 1 fully saturated rings. The summed E-state index contributed by atoms with van der Waals surface area (Å²) in [5.74, 6) is -1.17. The normalized spacial score (nSPS) is 16.7. The maximum Gasteiger partial charge on any atom is 0.329 e. The number of carbonyl (C=O) groups is 2. The highest BCUT2D eigenvalue weighted by atomic mass is 16.4. The molecule has 1 aliphatic rings. The minimum Gasteiger partial charge on any atom is -0.480 e. The van der Waals surface area contributed by atoms with Gasteiger partial charge in [0.05, 0.1) is 0 Å². The van der Waals surface area contributed by atoms with Crippen LogP contribution in [0.1, 0.15) is 42.6 Å². The summed E-state index contributed by atoms with van der Waals surface area (Å²) in [5.41, 5.74) is -0.339. The molecule has 0 saturated heterocycles. The summed E-state index contributed by atoms with van der Waals surface area (Å²) in [6.45, 7) is 0. The van der Waals surface area contributed by atoms with Gasteiger partial charge in [-0.25, -0.2) is 9.78 Å². The highest BCUT2D eigenvalue weighted by Gasteiger charge is 2.41. The van der Waals surface area contributed by atoms with E-state index in [0.29, 0.717) is 18.7 Å². The van der Waals surface area contributed by atoms with Crippen molar-refractivity contribution in [3.05, 3.63) is 42.3 Å². The number of aliphatic carboxylic acids is 1. The number of aromatic nitrogens is 1. The lowest BCUT2D eigenvalue weighted by Crippen LogP contribution is -2.55. The topological polar surface area (TPSA) is 92.4 Å². The van der Waals surface area contributed by atoms with Gasteiger partial charge in [0, 0.05) is 5.56 Å². The van der Waals surface area contributed by atoms with Gasteiger partial charge in [0.1, 0.15) is 11.8 Å². The Hall–Kier alpha value is -2.63. The van der Waals surface area contributed by atoms with Gasteiger partial charge in [0.2, 0.25) is 5.89 Å². The van der Waals surface area contributed by atoms with E-state index in [2.05, 4.69) is 10.3 Å². The first-order valence-corrected chi connectivity index (χ1v) is 7.68. The second-order valence-corrected chi connectivity index (χ2v) is 5.81. The van der Waals surface area contributed by atoms with Crippen LogP contribution >= 0.6 is 0 Å². The van der Waals surface area contributed by atoms with Gasteiger partial charge >= 0.3 is 5.97 Å². The van der Waals surface area contributed by atoms with Gasteiger partial charge in [0.15, 0.2) is 5.69 Å². The molecule has 1 aliphatic carbocycles. The second kappa shape index (κ2) is 6.24. The lowest BCUT2D eigenvalue weighted by Gasteiger charge is -2.33. The standard InChI is InChI=1S/C17H18N2O4/c20-14(19-17(16(21)22)9-5-2-6-10-17)13-11-23-15(18-13)12-7-3-1-4-8-12/h1,3-4,7-8,11H,2,5-6,9-10H2,(H,19,20)(H,21,22). The quantitative estimate of drug-likeness (QED) is 0.905. The van der Waals surface area contributed by atoms with Crippen LogP contribution in [0.3, 0.4) is 0 Å². The molecule has 2 aromatic rings. The Balaban J connectivity index is 1.78. The summed E-state index contributed by atoms with van der Waals surface area (Å²) >= 11 is 0. The predicted octanol–water partition coefficient (Wildman–Crippen LogP) is 2.86. The molecule has 6 heteroatoms. The summed E-state index contributed by atoms with van der Waals surface area (Å²) in [6.07, 6.45) is 4.72. The number of nitrogens with zero attached hydrogens (tertiary/aromatic N) is 1. The van der Waals surface area contributed by atoms with E-state index >= 15 is 0 Å². The number of nitrogens with one attached hydrogen (secondary N) is 1. The minimum atomic E-state index is -1.19. The lowest BCUT2D eigenvalue weighted by atomic mass is 9.81. The van der Waals surface area contributed by atoms with E-state index in [9.17, 15) is 14.7 Å². The van der Waals surface area contributed by atoms with Crippen molar-refractivity contribution in [3.8, 4) is 11.5 Å². The lowest BCUT2D eigenvalue weighted by molar-refractivity contribution is -0.145. The Morgan fingerprint density at radius 1 is 1.13 bits per heavy atom. The molecule has 1 saturated carbocycles. The summed E-state index contributed by atoms with van der Waals surface area (Å²) in [5, 5.41) is 12.2. The van der Waals surface area contributed by atoms with Crippen LogP contribution in [0.4, 0.5) is 0 Å². The average Bonchev–Trinajstić information content (AvgIpc) is 3.06. The van der Waals surface area contributed by atoms with Crippen molar-refractivity contribution in [1.29, 1.82) is 0 Å². The molecule has 1 aromatic carbocycles. The van der Waals surface area contributed by atoms with Gasteiger partial charge in [0.25, 0.3) is 5.91 Å². The minimum absolute atomic E-state index is 0.0926. The molecule has 0 unspecified atom stereocenters. The summed E-state index contributed by atoms with van der Waals surface area (Å²) in [4.78, 5) is 28.1. The zero-order valence-electron chi connectivity index (χ0n) is 12.6. The second-order valence-electron chi connectivity index (χ2n) is 5.81. The zero-order chi connectivity index (χ0) is 16.3. The Kier molecular flexibility index (Phi) is 4.14. The summed E-state index contributed by atoms with van der Waals surface area (Å²) < 4.78 is 5.34. The van der Waals surface area contributed by atoms with Crippen LogP contribution in [0.25, 0.3) is 11.5 Å². The van der Waals surface area contributed by atoms with Crippen LogP contribution in [-0.2, 0) is 4.79 Å². The fraction of sp³-hybridized carbons (Fsp3) is 0.353. The fourth-order valence-corrected chi connectivity index (χ4v) is 2.92. The summed E-state index contributed by atoms with van der Waals surface area (Å²) in [7, 11) is 0. The fourth-order valence-electron chi connectivity index (χ4n) is 2.92. The highest BCUT2D eigenvalue weighted by Crippen LogP contribution is 2.29. The Morgan fingerprint density at radius 2 is 1.83 bits per heavy atom. The first-order valence-electron chi connectivity index (χ1n) is 7.68. The average molecular weight is 314 g/mol. The van der Waals surface area contributed by atoms with Crippen LogP contribution in [0, 0.1) is 0 Å². The molecular weight excluding hydrogens is 296 g/mol. The van der Waals surface area contributed by atoms with Crippen LogP contribution in [0.15, 0.2) is 41.0 Å². The van der Waals surface area contributed by atoms with E-state index in [1.807, 2.05) is 30.3 Å². The molecule has 23 heavy (non-hydrogen) atoms. The third kappa shape index (κ3) is 3.11. The largest absolute Gasteiger partial charge is 0.480 e. The molecule has 1 aromatic heterocycles. The molecule has 0 atom stereocenters. The van der Waals surface area contributed by atoms with E-state index in [1.165, 1.54) is 6.26 Å². The first kappa shape index (κ1) is 15.3. The number of hydrogen-bond acceptors (Lipinski definition) is 4. The third-order valence-electron chi connectivity index (χ3n) is 4.23. The molecule has 0 aliphatic heterocycles. The molecule has 0 bridgehead atoms. The van der Waals surface area contributed by atoms with Gasteiger partial charge in [-0.15, -0.1) is 0 Å². The molecule has 2 N–H and O–H groups in total. The molecule has 120 valence electrons. The molecule has 1 amide bonds. The maximum atomic E-state index is 12.4. The molecule has 6 nitrogen and oxygen atoms in total. The van der Waals surface area contributed by atoms with Crippen molar-refractivity contribution < 1.29 is 19.1 Å². The zero-order valence-corrected chi connectivity index (χ0v) is 12.6. The van der Waals surface area contributed by atoms with Gasteiger partial charge in [-0.2, -0.15) is 0 Å². The van der Waals surface area contributed by atoms with Crippen molar-refractivity contribution >= 4 is 11.9 Å². The summed E-state index contributed by atoms with van der Waals surface area (Å²) in [6, 6.07) is 9.22.